The van der Waals surface area contributed by atoms with Crippen LogP contribution in [0, 0.1) is 5.41 Å². The fourth-order valence-corrected chi connectivity index (χ4v) is 1.72. The second-order valence-corrected chi connectivity index (χ2v) is 5.39. The van der Waals surface area contributed by atoms with Crippen molar-refractivity contribution < 1.29 is 9.32 Å². The first-order chi connectivity index (χ1) is 7.44. The van der Waals surface area contributed by atoms with Crippen LogP contribution in [0.1, 0.15) is 45.9 Å². The number of carbonyl (C=O) groups is 1. The highest BCUT2D eigenvalue weighted by Gasteiger charge is 2.45. The normalized spacial score (nSPS) is 18.9. The largest absolute Gasteiger partial charge is 0.343 e. The van der Waals surface area contributed by atoms with E-state index in [0.29, 0.717) is 5.82 Å². The van der Waals surface area contributed by atoms with Crippen molar-refractivity contribution in [1.82, 2.24) is 15.5 Å². The SMILES string of the molecule is CC(C)(C)C(=O)NC1(c2ncon2)CCC1. The Kier molecular flexibility index (Phi) is 2.48. The highest BCUT2D eigenvalue weighted by atomic mass is 16.5. The molecule has 88 valence electrons. The van der Waals surface area contributed by atoms with Crippen LogP contribution in [0.2, 0.25) is 0 Å². The monoisotopic (exact) mass is 223 g/mol. The van der Waals surface area contributed by atoms with Gasteiger partial charge in [-0.25, -0.2) is 0 Å². The van der Waals surface area contributed by atoms with Gasteiger partial charge in [0.25, 0.3) is 0 Å². The van der Waals surface area contributed by atoms with Crippen molar-refractivity contribution in [1.29, 1.82) is 0 Å². The summed E-state index contributed by atoms with van der Waals surface area (Å²) in [6, 6.07) is 0. The van der Waals surface area contributed by atoms with E-state index in [1.165, 1.54) is 6.39 Å². The molecule has 0 spiro atoms. The van der Waals surface area contributed by atoms with Crippen LogP contribution in [-0.2, 0) is 10.3 Å². The maximum absolute atomic E-state index is 12.0. The Hall–Kier alpha value is -1.39. The van der Waals surface area contributed by atoms with Gasteiger partial charge in [-0.15, -0.1) is 0 Å². The summed E-state index contributed by atoms with van der Waals surface area (Å²) < 4.78 is 4.75. The molecule has 1 N–H and O–H groups in total. The van der Waals surface area contributed by atoms with Gasteiger partial charge >= 0.3 is 0 Å². The van der Waals surface area contributed by atoms with E-state index >= 15 is 0 Å². The Morgan fingerprint density at radius 1 is 1.50 bits per heavy atom. The summed E-state index contributed by atoms with van der Waals surface area (Å²) in [5, 5.41) is 6.89. The summed E-state index contributed by atoms with van der Waals surface area (Å²) in [5.74, 6) is 0.619. The lowest BCUT2D eigenvalue weighted by Gasteiger charge is -2.41. The van der Waals surface area contributed by atoms with Crippen LogP contribution in [0.3, 0.4) is 0 Å². The molecule has 0 aliphatic heterocycles. The van der Waals surface area contributed by atoms with Crippen LogP contribution in [0.4, 0.5) is 0 Å². The minimum Gasteiger partial charge on any atom is -0.343 e. The lowest BCUT2D eigenvalue weighted by atomic mass is 9.75. The standard InChI is InChI=1S/C11H17N3O2/c1-10(2,3)9(15)13-11(5-4-6-11)8-12-7-16-14-8/h7H,4-6H2,1-3H3,(H,13,15). The van der Waals surface area contributed by atoms with E-state index in [0.717, 1.165) is 19.3 Å². The van der Waals surface area contributed by atoms with Gasteiger partial charge in [0.15, 0.2) is 5.82 Å². The van der Waals surface area contributed by atoms with Gasteiger partial charge in [-0.2, -0.15) is 4.98 Å². The summed E-state index contributed by atoms with van der Waals surface area (Å²) in [5.41, 5.74) is -0.788. The smallest absolute Gasteiger partial charge is 0.226 e. The van der Waals surface area contributed by atoms with E-state index < -0.39 is 11.0 Å². The summed E-state index contributed by atoms with van der Waals surface area (Å²) in [7, 11) is 0. The zero-order chi connectivity index (χ0) is 11.8. The average Bonchev–Trinajstić information content (AvgIpc) is 2.61. The van der Waals surface area contributed by atoms with Gasteiger partial charge in [0.2, 0.25) is 12.3 Å². The van der Waals surface area contributed by atoms with Gasteiger partial charge < -0.3 is 9.84 Å². The molecule has 1 fully saturated rings. The van der Waals surface area contributed by atoms with Gasteiger partial charge in [0.1, 0.15) is 5.54 Å². The number of amides is 1. The van der Waals surface area contributed by atoms with E-state index in [9.17, 15) is 4.79 Å². The van der Waals surface area contributed by atoms with Gasteiger partial charge in [-0.1, -0.05) is 25.9 Å². The Bertz CT molecular complexity index is 374. The molecule has 0 bridgehead atoms. The molecule has 1 aromatic rings. The maximum atomic E-state index is 12.0. The third kappa shape index (κ3) is 1.81. The van der Waals surface area contributed by atoms with Crippen LogP contribution in [0.5, 0.6) is 0 Å². The molecule has 0 radical (unpaired) electrons. The van der Waals surface area contributed by atoms with Gasteiger partial charge in [-0.3, -0.25) is 4.79 Å². The van der Waals surface area contributed by atoms with Crippen LogP contribution >= 0.6 is 0 Å². The first kappa shape index (κ1) is 11.1. The van der Waals surface area contributed by atoms with Crippen molar-refractivity contribution in [2.24, 2.45) is 5.41 Å². The van der Waals surface area contributed by atoms with E-state index in [1.807, 2.05) is 20.8 Å². The fraction of sp³-hybridized carbons (Fsp3) is 0.727. The number of hydrogen-bond donors (Lipinski definition) is 1. The molecule has 16 heavy (non-hydrogen) atoms. The highest BCUT2D eigenvalue weighted by Crippen LogP contribution is 2.40. The molecule has 1 heterocycles. The first-order valence-electron chi connectivity index (χ1n) is 5.53. The quantitative estimate of drug-likeness (QED) is 0.827. The van der Waals surface area contributed by atoms with Crippen molar-refractivity contribution in [2.45, 2.75) is 45.6 Å². The molecule has 2 rings (SSSR count). The second-order valence-electron chi connectivity index (χ2n) is 5.39. The molecule has 1 saturated carbocycles. The van der Waals surface area contributed by atoms with E-state index in [-0.39, 0.29) is 5.91 Å². The lowest BCUT2D eigenvalue weighted by Crippen LogP contribution is -2.54. The Morgan fingerprint density at radius 3 is 2.56 bits per heavy atom. The number of hydrogen-bond acceptors (Lipinski definition) is 4. The third-order valence-electron chi connectivity index (χ3n) is 3.03. The Morgan fingerprint density at radius 2 is 2.19 bits per heavy atom. The average molecular weight is 223 g/mol. The Labute approximate surface area is 94.6 Å². The third-order valence-corrected chi connectivity index (χ3v) is 3.03. The number of nitrogens with zero attached hydrogens (tertiary/aromatic N) is 2. The second kappa shape index (κ2) is 3.57. The lowest BCUT2D eigenvalue weighted by molar-refractivity contribution is -0.132. The predicted molar refractivity (Wildman–Crippen MR) is 57.4 cm³/mol. The van der Waals surface area contributed by atoms with E-state index in [1.54, 1.807) is 0 Å². The van der Waals surface area contributed by atoms with Gasteiger partial charge in [-0.05, 0) is 19.3 Å². The van der Waals surface area contributed by atoms with Crippen molar-refractivity contribution in [2.75, 3.05) is 0 Å². The predicted octanol–water partition coefficient (Wildman–Crippen LogP) is 1.61. The molecular formula is C11H17N3O2. The minimum absolute atomic E-state index is 0.0250. The van der Waals surface area contributed by atoms with Crippen LogP contribution in [0.25, 0.3) is 0 Å². The molecule has 5 heteroatoms. The number of rotatable bonds is 2. The van der Waals surface area contributed by atoms with Crippen molar-refractivity contribution >= 4 is 5.91 Å². The number of nitrogens with one attached hydrogen (secondary N) is 1. The fourth-order valence-electron chi connectivity index (χ4n) is 1.72. The van der Waals surface area contributed by atoms with Crippen LogP contribution in [0.15, 0.2) is 10.9 Å². The zero-order valence-electron chi connectivity index (χ0n) is 9.91. The van der Waals surface area contributed by atoms with Crippen molar-refractivity contribution in [3.05, 3.63) is 12.2 Å². The molecule has 1 aliphatic carbocycles. The molecule has 0 saturated heterocycles. The summed E-state index contributed by atoms with van der Waals surface area (Å²) in [6.45, 7) is 5.68. The number of carbonyl (C=O) groups excluding carboxylic acids is 1. The Balaban J connectivity index is 2.15. The summed E-state index contributed by atoms with van der Waals surface area (Å²) >= 11 is 0. The molecule has 0 atom stereocenters. The minimum atomic E-state index is -0.397. The molecular weight excluding hydrogens is 206 g/mol. The van der Waals surface area contributed by atoms with Crippen LogP contribution < -0.4 is 5.32 Å². The van der Waals surface area contributed by atoms with Crippen molar-refractivity contribution in [3.63, 3.8) is 0 Å². The molecule has 1 amide bonds. The topological polar surface area (TPSA) is 68.0 Å². The first-order valence-corrected chi connectivity index (χ1v) is 5.53. The number of aromatic nitrogens is 2. The van der Waals surface area contributed by atoms with Gasteiger partial charge in [0.05, 0.1) is 0 Å². The van der Waals surface area contributed by atoms with E-state index in [4.69, 9.17) is 4.52 Å². The zero-order valence-corrected chi connectivity index (χ0v) is 9.91. The van der Waals surface area contributed by atoms with Crippen LogP contribution in [-0.4, -0.2) is 16.0 Å². The molecule has 0 aromatic carbocycles. The summed E-state index contributed by atoms with van der Waals surface area (Å²) in [4.78, 5) is 16.0. The summed E-state index contributed by atoms with van der Waals surface area (Å²) in [6.07, 6.45) is 4.15. The molecule has 5 nitrogen and oxygen atoms in total. The van der Waals surface area contributed by atoms with E-state index in [2.05, 4.69) is 15.5 Å². The molecule has 1 aliphatic rings. The maximum Gasteiger partial charge on any atom is 0.226 e. The molecule has 0 unspecified atom stereocenters. The highest BCUT2D eigenvalue weighted by molar-refractivity contribution is 5.82. The van der Waals surface area contributed by atoms with Crippen molar-refractivity contribution in [3.8, 4) is 0 Å². The molecule has 1 aromatic heterocycles. The van der Waals surface area contributed by atoms with Gasteiger partial charge in [0, 0.05) is 5.41 Å².